The number of carbonyl (C=O) groups excluding carboxylic acids is 1. The Morgan fingerprint density at radius 3 is 2.79 bits per heavy atom. The quantitative estimate of drug-likeness (QED) is 0.424. The Hall–Kier alpha value is -1.25. The van der Waals surface area contributed by atoms with Gasteiger partial charge in [0.2, 0.25) is 0 Å². The summed E-state index contributed by atoms with van der Waals surface area (Å²) < 4.78 is 7.29. The normalized spacial score (nSPS) is 14.3. The van der Waals surface area contributed by atoms with Gasteiger partial charge >= 0.3 is 5.97 Å². The first-order valence-corrected chi connectivity index (χ1v) is 9.96. The van der Waals surface area contributed by atoms with Gasteiger partial charge in [0.1, 0.15) is 5.25 Å². The third-order valence-corrected chi connectivity index (χ3v) is 6.23. The summed E-state index contributed by atoms with van der Waals surface area (Å²) in [5, 5.41) is 0.0668. The summed E-state index contributed by atoms with van der Waals surface area (Å²) in [5.41, 5.74) is 1.47. The minimum atomic E-state index is -0.448. The van der Waals surface area contributed by atoms with Gasteiger partial charge in [-0.2, -0.15) is 0 Å². The van der Waals surface area contributed by atoms with E-state index in [1.807, 2.05) is 24.3 Å². The Balaban J connectivity index is 2.12. The van der Waals surface area contributed by atoms with Crippen molar-refractivity contribution in [2.45, 2.75) is 28.6 Å². The monoisotopic (exact) mass is 426 g/mol. The van der Waals surface area contributed by atoms with Gasteiger partial charge < -0.3 is 4.74 Å². The van der Waals surface area contributed by atoms with E-state index in [9.17, 15) is 9.59 Å². The molecule has 1 aromatic carbocycles. The molecule has 0 bridgehead atoms. The lowest BCUT2D eigenvalue weighted by atomic mass is 10.3. The van der Waals surface area contributed by atoms with Gasteiger partial charge in [-0.15, -0.1) is 11.8 Å². The first-order valence-electron chi connectivity index (χ1n) is 7.30. The van der Waals surface area contributed by atoms with E-state index in [0.29, 0.717) is 10.1 Å². The van der Waals surface area contributed by atoms with E-state index >= 15 is 0 Å². The van der Waals surface area contributed by atoms with Crippen LogP contribution in [0.25, 0.3) is 5.69 Å². The third-order valence-electron chi connectivity index (χ3n) is 3.57. The highest BCUT2D eigenvalue weighted by molar-refractivity contribution is 9.10. The number of methoxy groups -OCH3 is 1. The molecule has 3 rings (SSSR count). The molecule has 0 N–H and O–H groups in total. The van der Waals surface area contributed by atoms with Crippen molar-refractivity contribution in [3.8, 4) is 5.69 Å². The molecular formula is C16H15BrN2O3S2. The van der Waals surface area contributed by atoms with Crippen molar-refractivity contribution >= 4 is 45.4 Å². The number of halogens is 1. The summed E-state index contributed by atoms with van der Waals surface area (Å²) in [7, 11) is 1.36. The molecule has 0 unspecified atom stereocenters. The van der Waals surface area contributed by atoms with Crippen LogP contribution in [0.1, 0.15) is 12.6 Å². The fourth-order valence-electron chi connectivity index (χ4n) is 2.36. The molecule has 24 heavy (non-hydrogen) atoms. The first-order chi connectivity index (χ1) is 11.5. The molecule has 1 aromatic heterocycles. The topological polar surface area (TPSA) is 61.2 Å². The summed E-state index contributed by atoms with van der Waals surface area (Å²) in [5.74, 6) is 0.518. The standard InChI is InChI=1S/C16H15BrN2O3S2/c1-9(15(21)22-2)24-16-18-12-7-8-23-13(12)14(20)19(16)11-5-3-10(17)4-6-11/h3-6,9H,7-8H2,1-2H3/t9-/m1/s1. The van der Waals surface area contributed by atoms with Crippen LogP contribution in [0.4, 0.5) is 0 Å². The number of aryl methyl sites for hydroxylation is 1. The number of carbonyl (C=O) groups is 1. The smallest absolute Gasteiger partial charge is 0.318 e. The number of aromatic nitrogens is 2. The molecule has 0 amide bonds. The molecule has 5 nitrogen and oxygen atoms in total. The number of fused-ring (bicyclic) bond motifs is 1. The van der Waals surface area contributed by atoms with Crippen molar-refractivity contribution in [2.75, 3.05) is 12.9 Å². The molecule has 0 radical (unpaired) electrons. The van der Waals surface area contributed by atoms with Gasteiger partial charge in [-0.3, -0.25) is 14.2 Å². The van der Waals surface area contributed by atoms with E-state index in [2.05, 4.69) is 20.9 Å². The van der Waals surface area contributed by atoms with Gasteiger partial charge in [-0.05, 0) is 31.2 Å². The fourth-order valence-corrected chi connectivity index (χ4v) is 4.62. The molecule has 0 fully saturated rings. The highest BCUT2D eigenvalue weighted by Gasteiger charge is 2.25. The zero-order valence-electron chi connectivity index (χ0n) is 13.1. The maximum absolute atomic E-state index is 12.9. The van der Waals surface area contributed by atoms with Gasteiger partial charge in [0.25, 0.3) is 5.56 Å². The van der Waals surface area contributed by atoms with Crippen LogP contribution in [0, 0.1) is 0 Å². The summed E-state index contributed by atoms with van der Waals surface area (Å²) in [6, 6.07) is 7.46. The molecule has 0 saturated carbocycles. The minimum Gasteiger partial charge on any atom is -0.468 e. The van der Waals surface area contributed by atoms with E-state index in [-0.39, 0.29) is 11.5 Å². The van der Waals surface area contributed by atoms with Gasteiger partial charge in [0.05, 0.1) is 23.4 Å². The molecule has 126 valence electrons. The number of esters is 1. The van der Waals surface area contributed by atoms with Gasteiger partial charge in [0.15, 0.2) is 5.16 Å². The Morgan fingerprint density at radius 2 is 2.12 bits per heavy atom. The average molecular weight is 427 g/mol. The van der Waals surface area contributed by atoms with Crippen molar-refractivity contribution in [1.29, 1.82) is 0 Å². The van der Waals surface area contributed by atoms with Crippen molar-refractivity contribution in [3.05, 3.63) is 44.8 Å². The number of rotatable bonds is 4. The number of benzene rings is 1. The molecule has 2 aromatic rings. The van der Waals surface area contributed by atoms with Crippen LogP contribution in [0.5, 0.6) is 0 Å². The average Bonchev–Trinajstić information content (AvgIpc) is 3.04. The van der Waals surface area contributed by atoms with Crippen molar-refractivity contribution in [3.63, 3.8) is 0 Å². The van der Waals surface area contributed by atoms with Crippen molar-refractivity contribution in [2.24, 2.45) is 0 Å². The molecule has 1 aliphatic rings. The van der Waals surface area contributed by atoms with E-state index < -0.39 is 5.25 Å². The fraction of sp³-hybridized carbons (Fsp3) is 0.312. The summed E-state index contributed by atoms with van der Waals surface area (Å²) in [6.07, 6.45) is 0.774. The third kappa shape index (κ3) is 3.41. The Kier molecular flexibility index (Phi) is 5.36. The second kappa shape index (κ2) is 7.33. The first kappa shape index (κ1) is 17.6. The largest absolute Gasteiger partial charge is 0.468 e. The molecule has 2 heterocycles. The molecule has 1 atom stereocenters. The van der Waals surface area contributed by atoms with Crippen LogP contribution < -0.4 is 5.56 Å². The number of hydrogen-bond acceptors (Lipinski definition) is 6. The van der Waals surface area contributed by atoms with Crippen LogP contribution in [-0.2, 0) is 16.0 Å². The second-order valence-corrected chi connectivity index (χ2v) is 8.50. The van der Waals surface area contributed by atoms with Crippen molar-refractivity contribution in [1.82, 2.24) is 9.55 Å². The van der Waals surface area contributed by atoms with Gasteiger partial charge in [-0.1, -0.05) is 27.7 Å². The zero-order chi connectivity index (χ0) is 17.3. The van der Waals surface area contributed by atoms with Crippen LogP contribution in [0.2, 0.25) is 0 Å². The molecule has 0 spiro atoms. The molecule has 0 saturated heterocycles. The van der Waals surface area contributed by atoms with E-state index in [0.717, 1.165) is 28.0 Å². The van der Waals surface area contributed by atoms with Crippen molar-refractivity contribution < 1.29 is 9.53 Å². The number of hydrogen-bond donors (Lipinski definition) is 0. The number of nitrogens with zero attached hydrogens (tertiary/aromatic N) is 2. The van der Waals surface area contributed by atoms with Crippen LogP contribution in [-0.4, -0.2) is 33.6 Å². The molecule has 0 aliphatic carbocycles. The Bertz CT molecular complexity index is 836. The SMILES string of the molecule is COC(=O)[C@@H](C)Sc1nc2c(c(=O)n1-c1ccc(Br)cc1)SCC2. The summed E-state index contributed by atoms with van der Waals surface area (Å²) in [4.78, 5) is 30.1. The lowest BCUT2D eigenvalue weighted by Gasteiger charge is -2.16. The maximum atomic E-state index is 12.9. The van der Waals surface area contributed by atoms with E-state index in [1.165, 1.54) is 30.6 Å². The van der Waals surface area contributed by atoms with Gasteiger partial charge in [-0.25, -0.2) is 4.98 Å². The number of ether oxygens (including phenoxy) is 1. The van der Waals surface area contributed by atoms with E-state index in [1.54, 1.807) is 11.5 Å². The Labute approximate surface area is 156 Å². The highest BCUT2D eigenvalue weighted by atomic mass is 79.9. The molecule has 8 heteroatoms. The summed E-state index contributed by atoms with van der Waals surface area (Å²) in [6.45, 7) is 1.75. The number of thioether (sulfide) groups is 2. The summed E-state index contributed by atoms with van der Waals surface area (Å²) >= 11 is 6.18. The predicted molar refractivity (Wildman–Crippen MR) is 99.3 cm³/mol. The van der Waals surface area contributed by atoms with Crippen LogP contribution >= 0.6 is 39.5 Å². The lowest BCUT2D eigenvalue weighted by Crippen LogP contribution is -2.25. The minimum absolute atomic E-state index is 0.0793. The van der Waals surface area contributed by atoms with Gasteiger partial charge in [0, 0.05) is 16.6 Å². The maximum Gasteiger partial charge on any atom is 0.318 e. The molecular weight excluding hydrogens is 412 g/mol. The zero-order valence-corrected chi connectivity index (χ0v) is 16.3. The van der Waals surface area contributed by atoms with Crippen LogP contribution in [0.3, 0.4) is 0 Å². The molecule has 1 aliphatic heterocycles. The van der Waals surface area contributed by atoms with E-state index in [4.69, 9.17) is 4.74 Å². The second-order valence-electron chi connectivity index (χ2n) is 5.17. The van der Waals surface area contributed by atoms with Crippen LogP contribution in [0.15, 0.2) is 43.6 Å². The highest BCUT2D eigenvalue weighted by Crippen LogP contribution is 2.31. The Morgan fingerprint density at radius 1 is 1.42 bits per heavy atom. The predicted octanol–water partition coefficient (Wildman–Crippen LogP) is 3.30. The lowest BCUT2D eigenvalue weighted by molar-refractivity contribution is -0.139.